The zero-order chi connectivity index (χ0) is 18.7. The Morgan fingerprint density at radius 2 is 2.11 bits per heavy atom. The fourth-order valence-corrected chi connectivity index (χ4v) is 3.88. The van der Waals surface area contributed by atoms with Gasteiger partial charge in [0.15, 0.2) is 0 Å². The van der Waals surface area contributed by atoms with E-state index in [0.29, 0.717) is 12.5 Å². The van der Waals surface area contributed by atoms with Gasteiger partial charge in [0.2, 0.25) is 0 Å². The van der Waals surface area contributed by atoms with Gasteiger partial charge in [-0.15, -0.1) is 11.3 Å². The highest BCUT2D eigenvalue weighted by Gasteiger charge is 2.15. The third kappa shape index (κ3) is 7.39. The van der Waals surface area contributed by atoms with Gasteiger partial charge in [0, 0.05) is 18.3 Å². The number of thiazole rings is 1. The molecule has 1 unspecified atom stereocenters. The van der Waals surface area contributed by atoms with Gasteiger partial charge in [-0.2, -0.15) is 5.48 Å². The second-order valence-electron chi connectivity index (χ2n) is 7.14. The lowest BCUT2D eigenvalue weighted by Gasteiger charge is -2.22. The normalized spacial score (nSPS) is 18.5. The first-order chi connectivity index (χ1) is 13.3. The minimum absolute atomic E-state index is 0.215. The fraction of sp³-hybridized carbons (Fsp3) is 0.409. The number of hydroxylamine groups is 1. The van der Waals surface area contributed by atoms with E-state index in [0.717, 1.165) is 37.0 Å². The van der Waals surface area contributed by atoms with E-state index in [1.165, 1.54) is 5.56 Å². The minimum atomic E-state index is 0.215. The predicted octanol–water partition coefficient (Wildman–Crippen LogP) is 4.41. The molecule has 0 amide bonds. The highest BCUT2D eigenvalue weighted by molar-refractivity contribution is 7.09. The first kappa shape index (κ1) is 20.0. The second kappa shape index (κ2) is 11.1. The quantitative estimate of drug-likeness (QED) is 0.565. The van der Waals surface area contributed by atoms with Crippen LogP contribution < -0.4 is 11.2 Å². The summed E-state index contributed by atoms with van der Waals surface area (Å²) in [4.78, 5) is 11.0. The molecule has 5 heteroatoms. The van der Waals surface area contributed by atoms with Gasteiger partial charge in [0.05, 0.1) is 10.4 Å². The van der Waals surface area contributed by atoms with Crippen LogP contribution in [-0.4, -0.2) is 17.1 Å². The van der Waals surface area contributed by atoms with Crippen LogP contribution >= 0.6 is 11.3 Å². The van der Waals surface area contributed by atoms with E-state index >= 15 is 0 Å². The molecule has 0 bridgehead atoms. The van der Waals surface area contributed by atoms with E-state index in [1.807, 2.05) is 17.8 Å². The Labute approximate surface area is 166 Å². The number of nitrogens with one attached hydrogen (secondary N) is 1. The highest BCUT2D eigenvalue weighted by Crippen LogP contribution is 2.19. The van der Waals surface area contributed by atoms with Gasteiger partial charge in [-0.3, -0.25) is 9.82 Å². The average molecular weight is 384 g/mol. The lowest BCUT2D eigenvalue weighted by molar-refractivity contribution is 0.00217. The number of benzene rings is 1. The van der Waals surface area contributed by atoms with Gasteiger partial charge in [0.1, 0.15) is 6.61 Å². The molecule has 2 aromatic rings. The van der Waals surface area contributed by atoms with Crippen molar-refractivity contribution in [1.82, 2.24) is 10.5 Å². The minimum Gasteiger partial charge on any atom is -0.328 e. The number of allylic oxidation sites excluding steroid dienone is 4. The van der Waals surface area contributed by atoms with Crippen LogP contribution in [0, 0.1) is 5.92 Å². The van der Waals surface area contributed by atoms with Crippen molar-refractivity contribution in [3.05, 3.63) is 76.8 Å². The average Bonchev–Trinajstić information content (AvgIpc) is 3.21. The molecule has 0 spiro atoms. The van der Waals surface area contributed by atoms with Crippen molar-refractivity contribution >= 4 is 11.3 Å². The Balaban J connectivity index is 1.47. The molecule has 0 saturated heterocycles. The Morgan fingerprint density at radius 3 is 2.85 bits per heavy atom. The first-order valence-corrected chi connectivity index (χ1v) is 10.5. The monoisotopic (exact) mass is 383 g/mol. The van der Waals surface area contributed by atoms with E-state index < -0.39 is 0 Å². The maximum atomic E-state index is 6.42. The summed E-state index contributed by atoms with van der Waals surface area (Å²) < 4.78 is 0. The van der Waals surface area contributed by atoms with E-state index in [1.54, 1.807) is 11.3 Å². The third-order valence-electron chi connectivity index (χ3n) is 4.83. The number of nitrogens with zero attached hydrogens (tertiary/aromatic N) is 1. The van der Waals surface area contributed by atoms with Crippen molar-refractivity contribution in [3.63, 3.8) is 0 Å². The summed E-state index contributed by atoms with van der Waals surface area (Å²) in [6.07, 6.45) is 15.7. The standard InChI is InChI=1S/C22H29N3OS/c23-20(13-18-7-3-1-4-8-18)11-12-21(14-19-9-5-2-6-10-19)25-26-16-22-15-24-17-27-22/h1-7,9-10,15,17-18,20-21,25H,8,11-14,16,23H2/t18?,20-,21-/m1/s1. The largest absolute Gasteiger partial charge is 0.328 e. The molecular formula is C22H29N3OS. The maximum absolute atomic E-state index is 6.42. The summed E-state index contributed by atoms with van der Waals surface area (Å²) in [6, 6.07) is 11.0. The summed E-state index contributed by atoms with van der Waals surface area (Å²) in [7, 11) is 0. The molecule has 0 radical (unpaired) electrons. The van der Waals surface area contributed by atoms with Gasteiger partial charge in [-0.1, -0.05) is 54.6 Å². The zero-order valence-electron chi connectivity index (χ0n) is 15.7. The molecule has 3 rings (SSSR count). The van der Waals surface area contributed by atoms with Gasteiger partial charge < -0.3 is 5.73 Å². The van der Waals surface area contributed by atoms with Crippen LogP contribution in [0.15, 0.2) is 66.3 Å². The summed E-state index contributed by atoms with van der Waals surface area (Å²) in [6.45, 7) is 0.543. The molecule has 1 aromatic heterocycles. The highest BCUT2D eigenvalue weighted by atomic mass is 32.1. The molecule has 1 aliphatic rings. The molecule has 1 aliphatic carbocycles. The van der Waals surface area contributed by atoms with Gasteiger partial charge >= 0.3 is 0 Å². The van der Waals surface area contributed by atoms with E-state index in [9.17, 15) is 0 Å². The third-order valence-corrected chi connectivity index (χ3v) is 5.59. The summed E-state index contributed by atoms with van der Waals surface area (Å²) in [5.41, 5.74) is 12.8. The van der Waals surface area contributed by atoms with Crippen molar-refractivity contribution in [2.75, 3.05) is 0 Å². The van der Waals surface area contributed by atoms with E-state index in [2.05, 4.69) is 59.0 Å². The van der Waals surface area contributed by atoms with Crippen molar-refractivity contribution in [2.24, 2.45) is 11.7 Å². The Bertz CT molecular complexity index is 700. The molecule has 3 N–H and O–H groups in total. The molecule has 1 heterocycles. The summed E-state index contributed by atoms with van der Waals surface area (Å²) in [5, 5.41) is 0. The molecular weight excluding hydrogens is 354 g/mol. The predicted molar refractivity (Wildman–Crippen MR) is 112 cm³/mol. The van der Waals surface area contributed by atoms with Crippen molar-refractivity contribution in [3.8, 4) is 0 Å². The van der Waals surface area contributed by atoms with Crippen LogP contribution in [0.4, 0.5) is 0 Å². The van der Waals surface area contributed by atoms with E-state index in [4.69, 9.17) is 10.6 Å². The van der Waals surface area contributed by atoms with Gasteiger partial charge in [-0.25, -0.2) is 0 Å². The maximum Gasteiger partial charge on any atom is 0.104 e. The van der Waals surface area contributed by atoms with Crippen LogP contribution in [0.5, 0.6) is 0 Å². The number of hydrogen-bond acceptors (Lipinski definition) is 5. The molecule has 0 aliphatic heterocycles. The van der Waals surface area contributed by atoms with Crippen LogP contribution in [-0.2, 0) is 17.9 Å². The fourth-order valence-electron chi connectivity index (χ4n) is 3.37. The van der Waals surface area contributed by atoms with Crippen LogP contribution in [0.2, 0.25) is 0 Å². The van der Waals surface area contributed by atoms with E-state index in [-0.39, 0.29) is 12.1 Å². The number of nitrogens with two attached hydrogens (primary N) is 1. The van der Waals surface area contributed by atoms with Crippen molar-refractivity contribution < 1.29 is 4.84 Å². The smallest absolute Gasteiger partial charge is 0.104 e. The van der Waals surface area contributed by atoms with Crippen LogP contribution in [0.3, 0.4) is 0 Å². The molecule has 1 aromatic carbocycles. The second-order valence-corrected chi connectivity index (χ2v) is 8.11. The van der Waals surface area contributed by atoms with Crippen LogP contribution in [0.1, 0.15) is 36.1 Å². The lowest BCUT2D eigenvalue weighted by atomic mass is 9.90. The Kier molecular flexibility index (Phi) is 8.24. The molecule has 0 fully saturated rings. The van der Waals surface area contributed by atoms with Crippen molar-refractivity contribution in [2.45, 2.75) is 50.8 Å². The summed E-state index contributed by atoms with van der Waals surface area (Å²) in [5.74, 6) is 0.577. The number of hydrogen-bond donors (Lipinski definition) is 2. The van der Waals surface area contributed by atoms with Crippen molar-refractivity contribution in [1.29, 1.82) is 0 Å². The Morgan fingerprint density at radius 1 is 1.22 bits per heavy atom. The topological polar surface area (TPSA) is 60.2 Å². The number of rotatable bonds is 11. The van der Waals surface area contributed by atoms with Gasteiger partial charge in [0.25, 0.3) is 0 Å². The lowest BCUT2D eigenvalue weighted by Crippen LogP contribution is -2.34. The SMILES string of the molecule is N[C@H](CC[C@H](Cc1ccccc1)NOCc1cncs1)CC1C=CC=CC1. The molecule has 144 valence electrons. The summed E-state index contributed by atoms with van der Waals surface area (Å²) >= 11 is 1.61. The zero-order valence-corrected chi connectivity index (χ0v) is 16.5. The van der Waals surface area contributed by atoms with Gasteiger partial charge in [-0.05, 0) is 43.6 Å². The van der Waals surface area contributed by atoms with Crippen LogP contribution in [0.25, 0.3) is 0 Å². The Hall–Kier alpha value is -1.79. The molecule has 4 nitrogen and oxygen atoms in total. The molecule has 27 heavy (non-hydrogen) atoms. The molecule has 3 atom stereocenters. The first-order valence-electron chi connectivity index (χ1n) is 9.67. The number of aromatic nitrogens is 1. The molecule has 0 saturated carbocycles.